The highest BCUT2D eigenvalue weighted by Crippen LogP contribution is 2.24. The number of carbonyl (C=O) groups is 1. The number of anilines is 1. The second-order valence-corrected chi connectivity index (χ2v) is 8.39. The van der Waals surface area contributed by atoms with Gasteiger partial charge < -0.3 is 9.88 Å². The molecule has 1 N–H and O–H groups in total. The summed E-state index contributed by atoms with van der Waals surface area (Å²) in [5.74, 6) is 0.799. The van der Waals surface area contributed by atoms with Crippen LogP contribution < -0.4 is 5.32 Å². The maximum absolute atomic E-state index is 12.9. The number of nitrogens with zero attached hydrogens (tertiary/aromatic N) is 2. The van der Waals surface area contributed by atoms with Gasteiger partial charge in [-0.15, -0.1) is 0 Å². The van der Waals surface area contributed by atoms with E-state index < -0.39 is 0 Å². The Morgan fingerprint density at radius 2 is 1.61 bits per heavy atom. The first-order valence-electron chi connectivity index (χ1n) is 10.1. The normalized spacial score (nSPS) is 11.1. The molecule has 4 nitrogen and oxygen atoms in total. The molecule has 0 bridgehead atoms. The van der Waals surface area contributed by atoms with E-state index in [0.29, 0.717) is 6.42 Å². The molecule has 0 aliphatic rings. The Labute approximate surface area is 188 Å². The molecular weight excluding hydrogens is 450 g/mol. The molecule has 1 aromatic heterocycles. The van der Waals surface area contributed by atoms with Gasteiger partial charge in [0, 0.05) is 16.6 Å². The molecule has 152 valence electrons. The number of para-hydroxylation sites is 2. The highest BCUT2D eigenvalue weighted by atomic mass is 79.9. The third-order valence-corrected chi connectivity index (χ3v) is 5.92. The van der Waals surface area contributed by atoms with E-state index in [1.54, 1.807) is 0 Å². The van der Waals surface area contributed by atoms with Crippen molar-refractivity contribution in [3.8, 4) is 0 Å². The summed E-state index contributed by atoms with van der Waals surface area (Å²) in [5.41, 5.74) is 3.83. The number of aromatic nitrogens is 2. The Kier molecular flexibility index (Phi) is 5.26. The van der Waals surface area contributed by atoms with Gasteiger partial charge in [0.2, 0.25) is 5.91 Å². The first-order valence-corrected chi connectivity index (χ1v) is 10.9. The van der Waals surface area contributed by atoms with Crippen LogP contribution in [0.15, 0.2) is 95.5 Å². The lowest BCUT2D eigenvalue weighted by atomic mass is 10.0. The molecule has 0 fully saturated rings. The van der Waals surface area contributed by atoms with Crippen molar-refractivity contribution in [2.45, 2.75) is 13.0 Å². The Morgan fingerprint density at radius 3 is 2.48 bits per heavy atom. The van der Waals surface area contributed by atoms with Crippen LogP contribution in [0.2, 0.25) is 0 Å². The summed E-state index contributed by atoms with van der Waals surface area (Å²) in [6, 6.07) is 30.2. The van der Waals surface area contributed by atoms with Gasteiger partial charge in [-0.25, -0.2) is 4.98 Å². The molecule has 5 rings (SSSR count). The van der Waals surface area contributed by atoms with Gasteiger partial charge in [-0.05, 0) is 52.7 Å². The Morgan fingerprint density at radius 1 is 0.871 bits per heavy atom. The van der Waals surface area contributed by atoms with Crippen LogP contribution in [0.1, 0.15) is 11.4 Å². The standard InChI is InChI=1S/C26H20BrN3O/c27-20-12-14-21(15-13-20)28-26(31)17-30-24-11-4-3-10-23(24)29-25(30)16-19-8-5-7-18-6-1-2-9-22(18)19/h1-15H,16-17H2,(H,28,31). The average Bonchev–Trinajstić information content (AvgIpc) is 3.12. The van der Waals surface area contributed by atoms with Gasteiger partial charge in [0.15, 0.2) is 0 Å². The fourth-order valence-corrected chi connectivity index (χ4v) is 4.20. The van der Waals surface area contributed by atoms with Crippen molar-refractivity contribution in [2.24, 2.45) is 0 Å². The van der Waals surface area contributed by atoms with E-state index in [1.807, 2.05) is 59.2 Å². The molecule has 0 aliphatic carbocycles. The van der Waals surface area contributed by atoms with E-state index in [1.165, 1.54) is 16.3 Å². The van der Waals surface area contributed by atoms with E-state index in [4.69, 9.17) is 4.98 Å². The van der Waals surface area contributed by atoms with E-state index in [-0.39, 0.29) is 12.5 Å². The molecule has 5 heteroatoms. The minimum absolute atomic E-state index is 0.0790. The number of rotatable bonds is 5. The molecule has 0 saturated carbocycles. The second kappa shape index (κ2) is 8.36. The van der Waals surface area contributed by atoms with Crippen molar-refractivity contribution < 1.29 is 4.79 Å². The number of hydrogen-bond donors (Lipinski definition) is 1. The van der Waals surface area contributed by atoms with Crippen molar-refractivity contribution >= 4 is 49.3 Å². The van der Waals surface area contributed by atoms with Crippen LogP contribution in [-0.2, 0) is 17.8 Å². The molecular formula is C26H20BrN3O. The summed E-state index contributed by atoms with van der Waals surface area (Å²) in [4.78, 5) is 17.7. The van der Waals surface area contributed by atoms with Gasteiger partial charge in [0.25, 0.3) is 0 Å². The number of fused-ring (bicyclic) bond motifs is 2. The summed E-state index contributed by atoms with van der Waals surface area (Å²) >= 11 is 3.42. The van der Waals surface area contributed by atoms with E-state index >= 15 is 0 Å². The zero-order chi connectivity index (χ0) is 21.2. The summed E-state index contributed by atoms with van der Waals surface area (Å²) in [6.07, 6.45) is 0.654. The molecule has 31 heavy (non-hydrogen) atoms. The number of halogens is 1. The maximum Gasteiger partial charge on any atom is 0.244 e. The zero-order valence-electron chi connectivity index (χ0n) is 16.8. The number of hydrogen-bond acceptors (Lipinski definition) is 2. The second-order valence-electron chi connectivity index (χ2n) is 7.47. The third kappa shape index (κ3) is 4.09. The summed E-state index contributed by atoms with van der Waals surface area (Å²) in [5, 5.41) is 5.40. The summed E-state index contributed by atoms with van der Waals surface area (Å²) < 4.78 is 2.99. The van der Waals surface area contributed by atoms with Crippen LogP contribution in [0.3, 0.4) is 0 Å². The smallest absolute Gasteiger partial charge is 0.244 e. The Balaban J connectivity index is 1.49. The maximum atomic E-state index is 12.9. The summed E-state index contributed by atoms with van der Waals surface area (Å²) in [7, 11) is 0. The monoisotopic (exact) mass is 469 g/mol. The van der Waals surface area contributed by atoms with Gasteiger partial charge in [-0.3, -0.25) is 4.79 Å². The molecule has 0 spiro atoms. The molecule has 0 unspecified atom stereocenters. The first-order chi connectivity index (χ1) is 15.2. The van der Waals surface area contributed by atoms with Crippen LogP contribution in [-0.4, -0.2) is 15.5 Å². The Bertz CT molecular complexity index is 1380. The van der Waals surface area contributed by atoms with E-state index in [0.717, 1.165) is 27.0 Å². The first kappa shape index (κ1) is 19.5. The lowest BCUT2D eigenvalue weighted by Gasteiger charge is -2.11. The summed E-state index contributed by atoms with van der Waals surface area (Å²) in [6.45, 7) is 0.205. The lowest BCUT2D eigenvalue weighted by Crippen LogP contribution is -2.20. The van der Waals surface area contributed by atoms with Crippen LogP contribution >= 0.6 is 15.9 Å². The highest BCUT2D eigenvalue weighted by Gasteiger charge is 2.15. The Hall–Kier alpha value is -3.44. The van der Waals surface area contributed by atoms with Gasteiger partial charge >= 0.3 is 0 Å². The fraction of sp³-hybridized carbons (Fsp3) is 0.0769. The minimum Gasteiger partial charge on any atom is -0.325 e. The molecule has 0 aliphatic heterocycles. The molecule has 1 amide bonds. The van der Waals surface area contributed by atoms with Crippen molar-refractivity contribution in [1.82, 2.24) is 9.55 Å². The highest BCUT2D eigenvalue weighted by molar-refractivity contribution is 9.10. The van der Waals surface area contributed by atoms with Crippen molar-refractivity contribution in [3.05, 3.63) is 107 Å². The number of carbonyl (C=O) groups excluding carboxylic acids is 1. The molecule has 5 aromatic rings. The SMILES string of the molecule is O=C(Cn1c(Cc2cccc3ccccc23)nc2ccccc21)Nc1ccc(Br)cc1. The molecule has 0 saturated heterocycles. The largest absolute Gasteiger partial charge is 0.325 e. The molecule has 0 radical (unpaired) electrons. The average molecular weight is 470 g/mol. The zero-order valence-corrected chi connectivity index (χ0v) is 18.3. The molecule has 0 atom stereocenters. The van der Waals surface area contributed by atoms with Crippen molar-refractivity contribution in [2.75, 3.05) is 5.32 Å². The van der Waals surface area contributed by atoms with Crippen LogP contribution in [0.4, 0.5) is 5.69 Å². The number of amides is 1. The van der Waals surface area contributed by atoms with Crippen molar-refractivity contribution in [1.29, 1.82) is 0 Å². The topological polar surface area (TPSA) is 46.9 Å². The van der Waals surface area contributed by atoms with Gasteiger partial charge in [0.1, 0.15) is 12.4 Å². The van der Waals surface area contributed by atoms with Crippen molar-refractivity contribution in [3.63, 3.8) is 0 Å². The quantitative estimate of drug-likeness (QED) is 0.333. The van der Waals surface area contributed by atoms with Crippen LogP contribution in [0.25, 0.3) is 21.8 Å². The van der Waals surface area contributed by atoms with Gasteiger partial charge in [-0.1, -0.05) is 70.5 Å². The predicted molar refractivity (Wildman–Crippen MR) is 129 cm³/mol. The number of nitrogens with one attached hydrogen (secondary N) is 1. The lowest BCUT2D eigenvalue weighted by molar-refractivity contribution is -0.116. The van der Waals surface area contributed by atoms with Gasteiger partial charge in [-0.2, -0.15) is 0 Å². The van der Waals surface area contributed by atoms with E-state index in [2.05, 4.69) is 57.6 Å². The fourth-order valence-electron chi connectivity index (χ4n) is 3.93. The van der Waals surface area contributed by atoms with E-state index in [9.17, 15) is 4.79 Å². The molecule has 1 heterocycles. The van der Waals surface area contributed by atoms with Gasteiger partial charge in [0.05, 0.1) is 11.0 Å². The van der Waals surface area contributed by atoms with Crippen LogP contribution in [0.5, 0.6) is 0 Å². The van der Waals surface area contributed by atoms with Crippen LogP contribution in [0, 0.1) is 0 Å². The minimum atomic E-state index is -0.0790. The number of imidazole rings is 1. The molecule has 4 aromatic carbocycles. The third-order valence-electron chi connectivity index (χ3n) is 5.39. The predicted octanol–water partition coefficient (Wildman–Crippen LogP) is 6.18. The number of benzene rings is 4.